The van der Waals surface area contributed by atoms with Crippen LogP contribution in [0.4, 0.5) is 10.5 Å². The number of rotatable bonds is 3. The first-order chi connectivity index (χ1) is 8.87. The lowest BCUT2D eigenvalue weighted by Crippen LogP contribution is -2.57. The van der Waals surface area contributed by atoms with Crippen LogP contribution in [-0.4, -0.2) is 45.5 Å². The summed E-state index contributed by atoms with van der Waals surface area (Å²) in [6.07, 6.45) is 3.53. The van der Waals surface area contributed by atoms with Crippen LogP contribution in [0.5, 0.6) is 0 Å². The molecule has 1 aliphatic heterocycles. The van der Waals surface area contributed by atoms with Gasteiger partial charge in [0.2, 0.25) is 0 Å². The van der Waals surface area contributed by atoms with Crippen LogP contribution in [0.25, 0.3) is 0 Å². The first-order valence-corrected chi connectivity index (χ1v) is 6.64. The number of nitrogens with zero attached hydrogens (tertiary/aromatic N) is 3. The minimum atomic E-state index is -0.433. The van der Waals surface area contributed by atoms with E-state index in [1.807, 2.05) is 38.6 Å². The molecule has 1 aliphatic rings. The van der Waals surface area contributed by atoms with Crippen LogP contribution in [-0.2, 0) is 11.3 Å². The Morgan fingerprint density at radius 2 is 2.21 bits per heavy atom. The van der Waals surface area contributed by atoms with Crippen LogP contribution >= 0.6 is 0 Å². The molecule has 2 heterocycles. The Hall–Kier alpha value is -1.72. The third-order valence-corrected chi connectivity index (χ3v) is 2.86. The monoisotopic (exact) mass is 266 g/mol. The molecule has 0 radical (unpaired) electrons. The Bertz CT molecular complexity index is 444. The zero-order valence-electron chi connectivity index (χ0n) is 12.0. The fourth-order valence-electron chi connectivity index (χ4n) is 1.89. The Morgan fingerprint density at radius 3 is 2.74 bits per heavy atom. The van der Waals surface area contributed by atoms with Crippen molar-refractivity contribution in [2.24, 2.45) is 0 Å². The van der Waals surface area contributed by atoms with Crippen molar-refractivity contribution in [3.8, 4) is 0 Å². The SMILES string of the molecule is CCn1cc(NC2CN(C(=O)OC(C)(C)C)C2)cn1. The number of aromatic nitrogens is 2. The van der Waals surface area contributed by atoms with Gasteiger partial charge in [0.15, 0.2) is 0 Å². The van der Waals surface area contributed by atoms with Gasteiger partial charge in [0.05, 0.1) is 17.9 Å². The molecule has 2 rings (SSSR count). The van der Waals surface area contributed by atoms with Crippen molar-refractivity contribution in [3.05, 3.63) is 12.4 Å². The molecule has 0 unspecified atom stereocenters. The zero-order chi connectivity index (χ0) is 14.0. The molecule has 6 heteroatoms. The van der Waals surface area contributed by atoms with Crippen molar-refractivity contribution in [2.45, 2.75) is 45.9 Å². The topological polar surface area (TPSA) is 59.4 Å². The van der Waals surface area contributed by atoms with Gasteiger partial charge in [-0.25, -0.2) is 4.79 Å². The number of aryl methyl sites for hydroxylation is 1. The third-order valence-electron chi connectivity index (χ3n) is 2.86. The van der Waals surface area contributed by atoms with Crippen LogP contribution in [0.15, 0.2) is 12.4 Å². The lowest BCUT2D eigenvalue weighted by atomic mass is 10.1. The van der Waals surface area contributed by atoms with Crippen LogP contribution in [0.1, 0.15) is 27.7 Å². The normalized spacial score (nSPS) is 16.1. The molecule has 106 valence electrons. The number of likely N-dealkylation sites (tertiary alicyclic amines) is 1. The van der Waals surface area contributed by atoms with Crippen LogP contribution in [0.3, 0.4) is 0 Å². The molecule has 0 spiro atoms. The highest BCUT2D eigenvalue weighted by atomic mass is 16.6. The summed E-state index contributed by atoms with van der Waals surface area (Å²) in [4.78, 5) is 13.5. The van der Waals surface area contributed by atoms with Crippen LogP contribution < -0.4 is 5.32 Å². The third kappa shape index (κ3) is 3.62. The van der Waals surface area contributed by atoms with E-state index in [1.165, 1.54) is 0 Å². The molecule has 1 aromatic heterocycles. The maximum atomic E-state index is 11.7. The highest BCUT2D eigenvalue weighted by Gasteiger charge is 2.33. The number of anilines is 1. The van der Waals surface area contributed by atoms with Gasteiger partial charge in [0.1, 0.15) is 5.60 Å². The van der Waals surface area contributed by atoms with E-state index in [0.29, 0.717) is 13.1 Å². The first kappa shape index (κ1) is 13.7. The maximum Gasteiger partial charge on any atom is 0.410 e. The van der Waals surface area contributed by atoms with Crippen molar-refractivity contribution in [1.82, 2.24) is 14.7 Å². The molecule has 6 nitrogen and oxygen atoms in total. The van der Waals surface area contributed by atoms with Crippen molar-refractivity contribution in [1.29, 1.82) is 0 Å². The highest BCUT2D eigenvalue weighted by Crippen LogP contribution is 2.18. The smallest absolute Gasteiger partial charge is 0.410 e. The molecule has 1 amide bonds. The number of hydrogen-bond donors (Lipinski definition) is 1. The second kappa shape index (κ2) is 5.11. The predicted molar refractivity (Wildman–Crippen MR) is 73.1 cm³/mol. The number of carbonyl (C=O) groups excluding carboxylic acids is 1. The summed E-state index contributed by atoms with van der Waals surface area (Å²) < 4.78 is 7.17. The molecule has 0 atom stereocenters. The molecule has 0 bridgehead atoms. The van der Waals surface area contributed by atoms with Gasteiger partial charge in [-0.1, -0.05) is 0 Å². The van der Waals surface area contributed by atoms with Gasteiger partial charge < -0.3 is 15.0 Å². The molecule has 0 aliphatic carbocycles. The van der Waals surface area contributed by atoms with Gasteiger partial charge in [-0.05, 0) is 27.7 Å². The molecule has 1 fully saturated rings. The van der Waals surface area contributed by atoms with Gasteiger partial charge in [-0.15, -0.1) is 0 Å². The molecule has 0 aromatic carbocycles. The number of nitrogens with one attached hydrogen (secondary N) is 1. The minimum Gasteiger partial charge on any atom is -0.444 e. The van der Waals surface area contributed by atoms with Crippen LogP contribution in [0, 0.1) is 0 Å². The molecule has 19 heavy (non-hydrogen) atoms. The van der Waals surface area contributed by atoms with Crippen LogP contribution in [0.2, 0.25) is 0 Å². The fraction of sp³-hybridized carbons (Fsp3) is 0.692. The summed E-state index contributed by atoms with van der Waals surface area (Å²) in [5.41, 5.74) is 0.563. The predicted octanol–water partition coefficient (Wildman–Crippen LogP) is 1.93. The van der Waals surface area contributed by atoms with Gasteiger partial charge in [-0.2, -0.15) is 5.10 Å². The van der Waals surface area contributed by atoms with Crippen molar-refractivity contribution in [2.75, 3.05) is 18.4 Å². The maximum absolute atomic E-state index is 11.7. The Labute approximate surface area is 113 Å². The van der Waals surface area contributed by atoms with Crippen molar-refractivity contribution < 1.29 is 9.53 Å². The first-order valence-electron chi connectivity index (χ1n) is 6.64. The molecule has 1 saturated heterocycles. The fourth-order valence-corrected chi connectivity index (χ4v) is 1.89. The number of carbonyl (C=O) groups is 1. The van der Waals surface area contributed by atoms with Gasteiger partial charge in [0, 0.05) is 25.8 Å². The largest absolute Gasteiger partial charge is 0.444 e. The van der Waals surface area contributed by atoms with E-state index < -0.39 is 5.60 Å². The second-order valence-corrected chi connectivity index (χ2v) is 5.81. The van der Waals surface area contributed by atoms with Crippen molar-refractivity contribution in [3.63, 3.8) is 0 Å². The van der Waals surface area contributed by atoms with Gasteiger partial charge in [0.25, 0.3) is 0 Å². The average molecular weight is 266 g/mol. The van der Waals surface area contributed by atoms with Crippen molar-refractivity contribution >= 4 is 11.8 Å². The number of ether oxygens (including phenoxy) is 1. The summed E-state index contributed by atoms with van der Waals surface area (Å²) in [7, 11) is 0. The average Bonchev–Trinajstić information content (AvgIpc) is 2.67. The Kier molecular flexibility index (Phi) is 3.68. The quantitative estimate of drug-likeness (QED) is 0.908. The second-order valence-electron chi connectivity index (χ2n) is 5.81. The van der Waals surface area contributed by atoms with Gasteiger partial charge >= 0.3 is 6.09 Å². The summed E-state index contributed by atoms with van der Waals surface area (Å²) in [5.74, 6) is 0. The van der Waals surface area contributed by atoms with E-state index in [0.717, 1.165) is 12.2 Å². The van der Waals surface area contributed by atoms with E-state index in [4.69, 9.17) is 4.74 Å². The summed E-state index contributed by atoms with van der Waals surface area (Å²) in [6, 6.07) is 0.280. The standard InChI is InChI=1S/C13H22N4O2/c1-5-17-9-10(6-14-17)15-11-7-16(8-11)12(18)19-13(2,3)4/h6,9,11,15H,5,7-8H2,1-4H3. The van der Waals surface area contributed by atoms with E-state index >= 15 is 0 Å². The number of amides is 1. The lowest BCUT2D eigenvalue weighted by Gasteiger charge is -2.40. The number of hydrogen-bond acceptors (Lipinski definition) is 4. The van der Waals surface area contributed by atoms with E-state index in [1.54, 1.807) is 11.1 Å². The summed E-state index contributed by atoms with van der Waals surface area (Å²) in [6.45, 7) is 9.87. The highest BCUT2D eigenvalue weighted by molar-refractivity contribution is 5.69. The van der Waals surface area contributed by atoms with E-state index in [-0.39, 0.29) is 12.1 Å². The van der Waals surface area contributed by atoms with Gasteiger partial charge in [-0.3, -0.25) is 4.68 Å². The van der Waals surface area contributed by atoms with E-state index in [9.17, 15) is 4.79 Å². The molecular formula is C13H22N4O2. The molecule has 1 N–H and O–H groups in total. The lowest BCUT2D eigenvalue weighted by molar-refractivity contribution is 0.0105. The Balaban J connectivity index is 1.75. The molecule has 1 aromatic rings. The Morgan fingerprint density at radius 1 is 1.53 bits per heavy atom. The molecular weight excluding hydrogens is 244 g/mol. The summed E-state index contributed by atoms with van der Waals surface area (Å²) >= 11 is 0. The molecule has 0 saturated carbocycles. The minimum absolute atomic E-state index is 0.241. The zero-order valence-corrected chi connectivity index (χ0v) is 12.0. The summed E-state index contributed by atoms with van der Waals surface area (Å²) in [5, 5.41) is 7.55. The van der Waals surface area contributed by atoms with E-state index in [2.05, 4.69) is 10.4 Å².